The lowest BCUT2D eigenvalue weighted by atomic mass is 9.93. The minimum absolute atomic E-state index is 0.224. The molecule has 1 aliphatic rings. The number of fused-ring (bicyclic) bond motifs is 1. The Morgan fingerprint density at radius 3 is 2.72 bits per heavy atom. The van der Waals surface area contributed by atoms with Crippen LogP contribution in [0.1, 0.15) is 27.3 Å². The zero-order valence-electron chi connectivity index (χ0n) is 15.9. The molecule has 3 heterocycles. The molecule has 1 amide bonds. The maximum absolute atomic E-state index is 13.3. The smallest absolute Gasteiger partial charge is 0.267 e. The van der Waals surface area contributed by atoms with E-state index in [2.05, 4.69) is 14.9 Å². The lowest BCUT2D eigenvalue weighted by Crippen LogP contribution is -2.34. The van der Waals surface area contributed by atoms with Crippen molar-refractivity contribution in [3.8, 4) is 11.1 Å². The summed E-state index contributed by atoms with van der Waals surface area (Å²) >= 11 is 0. The summed E-state index contributed by atoms with van der Waals surface area (Å²) in [7, 11) is 0. The number of carbonyl (C=O) groups excluding carboxylic acids is 1. The van der Waals surface area contributed by atoms with Crippen molar-refractivity contribution >= 4 is 11.7 Å². The summed E-state index contributed by atoms with van der Waals surface area (Å²) in [6.07, 6.45) is 3.26. The van der Waals surface area contributed by atoms with Crippen LogP contribution in [0.15, 0.2) is 48.7 Å². The topological polar surface area (TPSA) is 98.1 Å². The summed E-state index contributed by atoms with van der Waals surface area (Å²) in [5.74, 6) is -0.318. The third-order valence-corrected chi connectivity index (χ3v) is 5.29. The molecular formula is C22H22FN5O. The standard InChI is InChI=1S/C22H22FN5O/c23-16-5-3-14(4-6-16)18-12-19(22(25)29)27-20-13-28(11-8-17(18)20)10-7-15-2-1-9-26-21(15)24/h1-6,9,12H,7-8,10-11,13H2,(H2,24,26)(H2,25,29). The molecule has 7 heteroatoms. The van der Waals surface area contributed by atoms with E-state index in [1.807, 2.05) is 12.1 Å². The fourth-order valence-electron chi connectivity index (χ4n) is 3.74. The van der Waals surface area contributed by atoms with E-state index in [1.54, 1.807) is 24.4 Å². The normalized spacial score (nSPS) is 13.8. The number of nitrogen functional groups attached to an aromatic ring is 1. The Bertz CT molecular complexity index is 1050. The van der Waals surface area contributed by atoms with Crippen molar-refractivity contribution in [1.82, 2.24) is 14.9 Å². The van der Waals surface area contributed by atoms with Gasteiger partial charge in [-0.2, -0.15) is 0 Å². The number of hydrogen-bond donors (Lipinski definition) is 2. The molecule has 3 aromatic rings. The zero-order chi connectivity index (χ0) is 20.4. The number of nitrogens with two attached hydrogens (primary N) is 2. The summed E-state index contributed by atoms with van der Waals surface area (Å²) < 4.78 is 13.3. The SMILES string of the molecule is NC(=O)c1cc(-c2ccc(F)cc2)c2c(n1)CN(CCc1cccnc1N)CC2. The predicted octanol–water partition coefficient (Wildman–Crippen LogP) is 2.56. The fraction of sp³-hybridized carbons (Fsp3) is 0.227. The van der Waals surface area contributed by atoms with E-state index in [-0.39, 0.29) is 11.5 Å². The fourth-order valence-corrected chi connectivity index (χ4v) is 3.74. The second kappa shape index (κ2) is 7.97. The predicted molar refractivity (Wildman–Crippen MR) is 109 cm³/mol. The molecule has 2 aromatic heterocycles. The Kier molecular flexibility index (Phi) is 5.22. The van der Waals surface area contributed by atoms with Crippen molar-refractivity contribution in [3.05, 3.63) is 77.0 Å². The van der Waals surface area contributed by atoms with Crippen LogP contribution in [0.2, 0.25) is 0 Å². The number of primary amides is 1. The number of hydrogen-bond acceptors (Lipinski definition) is 5. The summed E-state index contributed by atoms with van der Waals surface area (Å²) in [4.78, 5) is 22.7. The molecule has 0 radical (unpaired) electrons. The molecule has 0 unspecified atom stereocenters. The van der Waals surface area contributed by atoms with Gasteiger partial charge in [-0.05, 0) is 59.4 Å². The molecule has 4 N–H and O–H groups in total. The Hall–Kier alpha value is -3.32. The van der Waals surface area contributed by atoms with Crippen molar-refractivity contribution in [2.45, 2.75) is 19.4 Å². The number of halogens is 1. The molecule has 0 spiro atoms. The molecule has 6 nitrogen and oxygen atoms in total. The van der Waals surface area contributed by atoms with Crippen LogP contribution in [0.3, 0.4) is 0 Å². The van der Waals surface area contributed by atoms with E-state index in [0.29, 0.717) is 12.4 Å². The minimum Gasteiger partial charge on any atom is -0.383 e. The Labute approximate surface area is 168 Å². The van der Waals surface area contributed by atoms with Gasteiger partial charge >= 0.3 is 0 Å². The van der Waals surface area contributed by atoms with Crippen LogP contribution >= 0.6 is 0 Å². The number of carbonyl (C=O) groups is 1. The summed E-state index contributed by atoms with van der Waals surface area (Å²) in [5.41, 5.74) is 16.4. The van der Waals surface area contributed by atoms with Gasteiger partial charge in [0.25, 0.3) is 5.91 Å². The molecular weight excluding hydrogens is 369 g/mol. The summed E-state index contributed by atoms with van der Waals surface area (Å²) in [5, 5.41) is 0. The Morgan fingerprint density at radius 1 is 1.21 bits per heavy atom. The van der Waals surface area contributed by atoms with E-state index < -0.39 is 5.91 Å². The van der Waals surface area contributed by atoms with Gasteiger partial charge in [-0.3, -0.25) is 9.69 Å². The van der Waals surface area contributed by atoms with E-state index in [4.69, 9.17) is 11.5 Å². The average Bonchev–Trinajstić information content (AvgIpc) is 2.72. The second-order valence-electron chi connectivity index (χ2n) is 7.18. The molecule has 0 atom stereocenters. The zero-order valence-corrected chi connectivity index (χ0v) is 15.9. The first kappa shape index (κ1) is 19.0. The van der Waals surface area contributed by atoms with Gasteiger partial charge in [-0.25, -0.2) is 14.4 Å². The number of benzene rings is 1. The van der Waals surface area contributed by atoms with Crippen LogP contribution in [0.25, 0.3) is 11.1 Å². The van der Waals surface area contributed by atoms with E-state index in [9.17, 15) is 9.18 Å². The summed E-state index contributed by atoms with van der Waals surface area (Å²) in [6.45, 7) is 2.29. The first-order valence-corrected chi connectivity index (χ1v) is 9.51. The highest BCUT2D eigenvalue weighted by atomic mass is 19.1. The number of amides is 1. The van der Waals surface area contributed by atoms with E-state index in [1.165, 1.54) is 12.1 Å². The van der Waals surface area contributed by atoms with Crippen molar-refractivity contribution in [3.63, 3.8) is 0 Å². The minimum atomic E-state index is -0.573. The molecule has 1 aromatic carbocycles. The van der Waals surface area contributed by atoms with Crippen LogP contribution in [0.5, 0.6) is 0 Å². The Balaban J connectivity index is 1.61. The van der Waals surface area contributed by atoms with Crippen LogP contribution in [-0.4, -0.2) is 33.9 Å². The van der Waals surface area contributed by atoms with Crippen LogP contribution < -0.4 is 11.5 Å². The van der Waals surface area contributed by atoms with E-state index in [0.717, 1.165) is 53.9 Å². The number of aromatic nitrogens is 2. The molecule has 29 heavy (non-hydrogen) atoms. The Morgan fingerprint density at radius 2 is 2.00 bits per heavy atom. The first-order chi connectivity index (χ1) is 14.0. The highest BCUT2D eigenvalue weighted by Crippen LogP contribution is 2.30. The lowest BCUT2D eigenvalue weighted by Gasteiger charge is -2.30. The molecule has 0 saturated heterocycles. The van der Waals surface area contributed by atoms with Gasteiger partial charge in [-0.1, -0.05) is 18.2 Å². The molecule has 0 bridgehead atoms. The van der Waals surface area contributed by atoms with Crippen molar-refractivity contribution in [2.75, 3.05) is 18.8 Å². The van der Waals surface area contributed by atoms with Crippen LogP contribution in [0, 0.1) is 5.82 Å². The van der Waals surface area contributed by atoms with Gasteiger partial charge < -0.3 is 11.5 Å². The molecule has 4 rings (SSSR count). The number of anilines is 1. The third-order valence-electron chi connectivity index (χ3n) is 5.29. The molecule has 0 aliphatic carbocycles. The molecule has 1 aliphatic heterocycles. The monoisotopic (exact) mass is 391 g/mol. The highest BCUT2D eigenvalue weighted by Gasteiger charge is 2.23. The maximum atomic E-state index is 13.3. The average molecular weight is 391 g/mol. The number of nitrogens with zero attached hydrogens (tertiary/aromatic N) is 3. The summed E-state index contributed by atoms with van der Waals surface area (Å²) in [6, 6.07) is 11.8. The largest absolute Gasteiger partial charge is 0.383 e. The van der Waals surface area contributed by atoms with Crippen LogP contribution in [-0.2, 0) is 19.4 Å². The van der Waals surface area contributed by atoms with Gasteiger partial charge in [0.1, 0.15) is 17.3 Å². The quantitative estimate of drug-likeness (QED) is 0.697. The second-order valence-corrected chi connectivity index (χ2v) is 7.18. The van der Waals surface area contributed by atoms with Gasteiger partial charge in [0, 0.05) is 25.8 Å². The van der Waals surface area contributed by atoms with Gasteiger partial charge in [0.05, 0.1) is 5.69 Å². The van der Waals surface area contributed by atoms with Crippen molar-refractivity contribution < 1.29 is 9.18 Å². The molecule has 0 saturated carbocycles. The van der Waals surface area contributed by atoms with Gasteiger partial charge in [0.2, 0.25) is 0 Å². The van der Waals surface area contributed by atoms with E-state index >= 15 is 0 Å². The number of pyridine rings is 2. The van der Waals surface area contributed by atoms with Gasteiger partial charge in [0.15, 0.2) is 0 Å². The molecule has 0 fully saturated rings. The molecule has 148 valence electrons. The maximum Gasteiger partial charge on any atom is 0.267 e. The van der Waals surface area contributed by atoms with Crippen molar-refractivity contribution in [2.24, 2.45) is 5.73 Å². The number of rotatable bonds is 5. The highest BCUT2D eigenvalue weighted by molar-refractivity contribution is 5.92. The van der Waals surface area contributed by atoms with Crippen LogP contribution in [0.4, 0.5) is 10.2 Å². The first-order valence-electron chi connectivity index (χ1n) is 9.51. The third kappa shape index (κ3) is 4.09. The van der Waals surface area contributed by atoms with Gasteiger partial charge in [-0.15, -0.1) is 0 Å². The van der Waals surface area contributed by atoms with Crippen molar-refractivity contribution in [1.29, 1.82) is 0 Å². The lowest BCUT2D eigenvalue weighted by molar-refractivity contribution is 0.0995.